The minimum absolute atomic E-state index is 0. The number of aromatic carboxylic acids is 2. The number of aromatic nitrogens is 2. The summed E-state index contributed by atoms with van der Waals surface area (Å²) in [5.41, 5.74) is 1.18. The van der Waals surface area contributed by atoms with E-state index in [1.807, 2.05) is 27.7 Å². The van der Waals surface area contributed by atoms with Crippen LogP contribution in [0.1, 0.15) is 59.8 Å². The monoisotopic (exact) mass is 928 g/mol. The summed E-state index contributed by atoms with van der Waals surface area (Å²) >= 11 is 0. The van der Waals surface area contributed by atoms with E-state index in [-0.39, 0.29) is 40.6 Å². The first-order valence-corrected chi connectivity index (χ1v) is 20.3. The Bertz CT molecular complexity index is 2790. The maximum absolute atomic E-state index is 12.7. The molecule has 67 heavy (non-hydrogen) atoms. The van der Waals surface area contributed by atoms with Crippen LogP contribution in [0.4, 0.5) is 26.3 Å². The van der Waals surface area contributed by atoms with Crippen molar-refractivity contribution in [1.82, 2.24) is 9.13 Å². The normalized spacial score (nSPS) is 11.5. The second-order valence-electron chi connectivity index (χ2n) is 15.4. The summed E-state index contributed by atoms with van der Waals surface area (Å²) in [6.07, 6.45) is -8.82. The van der Waals surface area contributed by atoms with Crippen molar-refractivity contribution in [3.63, 3.8) is 0 Å². The summed E-state index contributed by atoms with van der Waals surface area (Å²) in [5, 5.41) is 20.7. The number of ether oxygens (including phenoxy) is 4. The molecule has 2 aromatic heterocycles. The van der Waals surface area contributed by atoms with Crippen molar-refractivity contribution in [3.05, 3.63) is 168 Å². The SMILES string of the molecule is CC(C)Oc1ccc(-n2c(C(=O)O)cc3cc(Oc4ccc(C(F)(F)F)cc4)ccc32)cc1.CC(C)Oc1ccc(-n2c(C(=O)O)cc3cc(Oc4ccc(C(F)(F)F)cc4)ccc32)cc1.O. The zero-order valence-corrected chi connectivity index (χ0v) is 36.0. The lowest BCUT2D eigenvalue weighted by atomic mass is 10.2. The molecule has 17 heteroatoms. The molecule has 8 aromatic rings. The summed E-state index contributed by atoms with van der Waals surface area (Å²) in [5.74, 6) is 0.373. The fraction of sp³-hybridized carbons (Fsp3) is 0.160. The summed E-state index contributed by atoms with van der Waals surface area (Å²) in [4.78, 5) is 23.8. The van der Waals surface area contributed by atoms with Crippen molar-refractivity contribution in [3.8, 4) is 45.9 Å². The maximum atomic E-state index is 12.7. The van der Waals surface area contributed by atoms with Gasteiger partial charge in [-0.2, -0.15) is 26.3 Å². The van der Waals surface area contributed by atoms with Crippen molar-refractivity contribution < 1.29 is 70.6 Å². The number of hydrogen-bond donors (Lipinski definition) is 2. The molecule has 0 amide bonds. The van der Waals surface area contributed by atoms with Gasteiger partial charge in [0.1, 0.15) is 45.9 Å². The summed E-state index contributed by atoms with van der Waals surface area (Å²) in [7, 11) is 0. The average Bonchev–Trinajstić information content (AvgIpc) is 3.83. The van der Waals surface area contributed by atoms with E-state index >= 15 is 0 Å². The largest absolute Gasteiger partial charge is 0.491 e. The van der Waals surface area contributed by atoms with Gasteiger partial charge in [0.25, 0.3) is 0 Å². The molecule has 2 heterocycles. The smallest absolute Gasteiger partial charge is 0.416 e. The molecule has 0 aliphatic rings. The number of carboxylic acids is 2. The Morgan fingerprint density at radius 3 is 1.03 bits per heavy atom. The molecular formula is C50H42F6N2O9. The van der Waals surface area contributed by atoms with Crippen LogP contribution in [0.15, 0.2) is 146 Å². The van der Waals surface area contributed by atoms with E-state index in [2.05, 4.69) is 0 Å². The van der Waals surface area contributed by atoms with Crippen LogP contribution in [0, 0.1) is 0 Å². The Balaban J connectivity index is 0.000000218. The molecule has 0 aliphatic heterocycles. The molecule has 0 spiro atoms. The van der Waals surface area contributed by atoms with E-state index in [9.17, 15) is 46.1 Å². The van der Waals surface area contributed by atoms with Crippen LogP contribution in [0.5, 0.6) is 34.5 Å². The molecule has 0 fully saturated rings. The molecule has 0 unspecified atom stereocenters. The number of nitrogens with zero attached hydrogens (tertiary/aromatic N) is 2. The third kappa shape index (κ3) is 11.5. The van der Waals surface area contributed by atoms with Gasteiger partial charge < -0.3 is 43.8 Å². The van der Waals surface area contributed by atoms with Gasteiger partial charge in [-0.25, -0.2) is 9.59 Å². The van der Waals surface area contributed by atoms with Gasteiger partial charge >= 0.3 is 24.3 Å². The fourth-order valence-electron chi connectivity index (χ4n) is 6.97. The van der Waals surface area contributed by atoms with Gasteiger partial charge in [-0.1, -0.05) is 0 Å². The molecule has 8 rings (SSSR count). The van der Waals surface area contributed by atoms with Gasteiger partial charge in [-0.05, 0) is 173 Å². The number of hydrogen-bond acceptors (Lipinski definition) is 6. The molecule has 4 N–H and O–H groups in total. The van der Waals surface area contributed by atoms with Crippen molar-refractivity contribution >= 4 is 33.7 Å². The van der Waals surface area contributed by atoms with Gasteiger partial charge in [-0.3, -0.25) is 0 Å². The highest BCUT2D eigenvalue weighted by molar-refractivity contribution is 5.97. The van der Waals surface area contributed by atoms with Crippen LogP contribution in [0.2, 0.25) is 0 Å². The van der Waals surface area contributed by atoms with Crippen LogP contribution < -0.4 is 18.9 Å². The van der Waals surface area contributed by atoms with Gasteiger partial charge in [0.05, 0.1) is 34.4 Å². The van der Waals surface area contributed by atoms with E-state index < -0.39 is 35.4 Å². The van der Waals surface area contributed by atoms with Crippen molar-refractivity contribution in [2.24, 2.45) is 0 Å². The highest BCUT2D eigenvalue weighted by atomic mass is 19.4. The topological polar surface area (TPSA) is 153 Å². The second-order valence-corrected chi connectivity index (χ2v) is 15.4. The average molecular weight is 929 g/mol. The highest BCUT2D eigenvalue weighted by Crippen LogP contribution is 2.36. The quantitative estimate of drug-likeness (QED) is 0.115. The number of carbonyl (C=O) groups is 2. The van der Waals surface area contributed by atoms with Gasteiger partial charge in [0, 0.05) is 22.1 Å². The minimum atomic E-state index is -4.42. The van der Waals surface area contributed by atoms with E-state index in [0.29, 0.717) is 56.2 Å². The first kappa shape index (κ1) is 48.5. The summed E-state index contributed by atoms with van der Waals surface area (Å²) in [6.45, 7) is 7.67. The first-order chi connectivity index (χ1) is 31.2. The summed E-state index contributed by atoms with van der Waals surface area (Å²) in [6, 6.07) is 35.9. The Morgan fingerprint density at radius 1 is 0.448 bits per heavy atom. The third-order valence-electron chi connectivity index (χ3n) is 9.75. The van der Waals surface area contributed by atoms with Gasteiger partial charge in [0.2, 0.25) is 0 Å². The Morgan fingerprint density at radius 2 is 0.746 bits per heavy atom. The summed E-state index contributed by atoms with van der Waals surface area (Å²) < 4.78 is 102. The fourth-order valence-corrected chi connectivity index (χ4v) is 6.97. The van der Waals surface area contributed by atoms with E-state index in [1.165, 1.54) is 36.4 Å². The maximum Gasteiger partial charge on any atom is 0.416 e. The molecule has 0 aliphatic carbocycles. The van der Waals surface area contributed by atoms with E-state index in [4.69, 9.17) is 18.9 Å². The standard InChI is InChI=1S/2C25H20F3NO4.H2O/c2*1-15(2)32-19-9-5-18(6-10-19)29-22-12-11-21(13-16(22)14-23(29)24(30)31)33-20-7-3-17(4-8-20)25(26,27)28;/h2*3-15H,1-2H3,(H,30,31);1H2. The van der Waals surface area contributed by atoms with Crippen LogP contribution in [0.25, 0.3) is 33.2 Å². The Kier molecular flexibility index (Phi) is 14.2. The lowest BCUT2D eigenvalue weighted by Crippen LogP contribution is -2.07. The van der Waals surface area contributed by atoms with Crippen molar-refractivity contribution in [1.29, 1.82) is 0 Å². The highest BCUT2D eigenvalue weighted by Gasteiger charge is 2.31. The van der Waals surface area contributed by atoms with Gasteiger partial charge in [-0.15, -0.1) is 0 Å². The van der Waals surface area contributed by atoms with E-state index in [0.717, 1.165) is 24.3 Å². The number of alkyl halides is 6. The molecular weight excluding hydrogens is 887 g/mol. The molecule has 0 radical (unpaired) electrons. The third-order valence-corrected chi connectivity index (χ3v) is 9.75. The molecule has 6 aromatic carbocycles. The van der Waals surface area contributed by atoms with Crippen molar-refractivity contribution in [2.75, 3.05) is 0 Å². The number of carboxylic acid groups (broad SMARTS) is 2. The first-order valence-electron chi connectivity index (χ1n) is 20.3. The van der Waals surface area contributed by atoms with Crippen LogP contribution in [-0.4, -0.2) is 49.0 Å². The number of rotatable bonds is 12. The molecule has 0 saturated heterocycles. The lowest BCUT2D eigenvalue weighted by molar-refractivity contribution is -0.138. The lowest BCUT2D eigenvalue weighted by Gasteiger charge is -2.12. The van der Waals surface area contributed by atoms with Crippen LogP contribution in [-0.2, 0) is 12.4 Å². The molecule has 0 saturated carbocycles. The number of benzene rings is 6. The number of halogens is 6. The second kappa shape index (κ2) is 19.7. The molecule has 348 valence electrons. The minimum Gasteiger partial charge on any atom is -0.491 e. The molecule has 0 bridgehead atoms. The predicted molar refractivity (Wildman–Crippen MR) is 239 cm³/mol. The predicted octanol–water partition coefficient (Wildman–Crippen LogP) is 13.0. The van der Waals surface area contributed by atoms with Crippen LogP contribution in [0.3, 0.4) is 0 Å². The zero-order valence-electron chi connectivity index (χ0n) is 36.0. The zero-order chi connectivity index (χ0) is 47.5. The Hall–Kier alpha value is -7.92. The van der Waals surface area contributed by atoms with Crippen LogP contribution >= 0.6 is 0 Å². The van der Waals surface area contributed by atoms with Crippen molar-refractivity contribution in [2.45, 2.75) is 52.3 Å². The molecule has 11 nitrogen and oxygen atoms in total. The van der Waals surface area contributed by atoms with E-state index in [1.54, 1.807) is 94.1 Å². The molecule has 0 atom stereocenters. The number of fused-ring (bicyclic) bond motifs is 2. The van der Waals surface area contributed by atoms with Gasteiger partial charge in [0.15, 0.2) is 0 Å². The Labute approximate surface area is 378 Å².